The molecule has 6 nitrogen and oxygen atoms in total. The summed E-state index contributed by atoms with van der Waals surface area (Å²) in [7, 11) is 0. The van der Waals surface area contributed by atoms with Gasteiger partial charge in [-0.3, -0.25) is 14.9 Å². The maximum absolute atomic E-state index is 13.9. The molecule has 0 spiro atoms. The molecule has 1 heterocycles. The average molecular weight is 287 g/mol. The van der Waals surface area contributed by atoms with Crippen molar-refractivity contribution in [3.63, 3.8) is 0 Å². The molecule has 2 rings (SSSR count). The number of imide groups is 1. The second-order valence-corrected chi connectivity index (χ2v) is 4.58. The number of nitrogens with two attached hydrogens (primary N) is 2. The summed E-state index contributed by atoms with van der Waals surface area (Å²) in [4.78, 5) is 22.6. The van der Waals surface area contributed by atoms with Crippen LogP contribution in [0.2, 0.25) is 5.02 Å². The number of carbonyl (C=O) groups excluding carboxylic acids is 2. The number of piperidine rings is 1. The fourth-order valence-corrected chi connectivity index (χ4v) is 1.97. The van der Waals surface area contributed by atoms with Gasteiger partial charge in [0.25, 0.3) is 0 Å². The Balaban J connectivity index is 2.27. The van der Waals surface area contributed by atoms with Crippen molar-refractivity contribution in [3.05, 3.63) is 16.9 Å². The van der Waals surface area contributed by atoms with E-state index >= 15 is 0 Å². The molecule has 2 amide bonds. The van der Waals surface area contributed by atoms with Gasteiger partial charge in [0.05, 0.1) is 17.1 Å². The minimum atomic E-state index is -0.816. The molecule has 6 N–H and O–H groups in total. The zero-order valence-corrected chi connectivity index (χ0v) is 10.6. The van der Waals surface area contributed by atoms with E-state index in [1.54, 1.807) is 0 Å². The molecule has 8 heteroatoms. The third-order valence-corrected chi connectivity index (χ3v) is 3.21. The summed E-state index contributed by atoms with van der Waals surface area (Å²) in [6.07, 6.45) is 0.430. The van der Waals surface area contributed by atoms with E-state index in [0.29, 0.717) is 0 Å². The zero-order valence-electron chi connectivity index (χ0n) is 9.80. The Kier molecular flexibility index (Phi) is 3.48. The van der Waals surface area contributed by atoms with E-state index < -0.39 is 17.8 Å². The van der Waals surface area contributed by atoms with Gasteiger partial charge in [0, 0.05) is 6.42 Å². The Hall–Kier alpha value is -2.02. The summed E-state index contributed by atoms with van der Waals surface area (Å²) in [6, 6.07) is 0.564. The van der Waals surface area contributed by atoms with Gasteiger partial charge in [-0.15, -0.1) is 0 Å². The minimum absolute atomic E-state index is 0.0190. The van der Waals surface area contributed by atoms with E-state index in [0.717, 1.165) is 0 Å². The molecule has 1 aromatic rings. The first-order valence-electron chi connectivity index (χ1n) is 5.53. The minimum Gasteiger partial charge on any atom is -0.397 e. The van der Waals surface area contributed by atoms with Crippen molar-refractivity contribution in [2.45, 2.75) is 18.9 Å². The molecule has 1 unspecified atom stereocenters. The van der Waals surface area contributed by atoms with E-state index in [4.69, 9.17) is 23.1 Å². The van der Waals surface area contributed by atoms with Crippen LogP contribution in [0, 0.1) is 5.82 Å². The summed E-state index contributed by atoms with van der Waals surface area (Å²) in [6.45, 7) is 0. The number of anilines is 3. The Morgan fingerprint density at radius 1 is 1.37 bits per heavy atom. The maximum atomic E-state index is 13.9. The molecular formula is C11H12ClFN4O2. The molecule has 0 aromatic heterocycles. The SMILES string of the molecule is Nc1cc(N)c(NC2CCC(=O)NC2=O)c(F)c1Cl. The zero-order chi connectivity index (χ0) is 14.2. The third-order valence-electron chi connectivity index (χ3n) is 2.82. The van der Waals surface area contributed by atoms with Crippen LogP contribution in [0.3, 0.4) is 0 Å². The van der Waals surface area contributed by atoms with Crippen LogP contribution in [0.1, 0.15) is 12.8 Å². The summed E-state index contributed by atoms with van der Waals surface area (Å²) < 4.78 is 13.9. The van der Waals surface area contributed by atoms with Gasteiger partial charge >= 0.3 is 0 Å². The number of carbonyl (C=O) groups is 2. The van der Waals surface area contributed by atoms with Crippen LogP contribution in [-0.4, -0.2) is 17.9 Å². The summed E-state index contributed by atoms with van der Waals surface area (Å²) in [5, 5.41) is 4.54. The van der Waals surface area contributed by atoms with Gasteiger partial charge in [-0.25, -0.2) is 4.39 Å². The number of rotatable bonds is 2. The topological polar surface area (TPSA) is 110 Å². The van der Waals surface area contributed by atoms with Crippen LogP contribution in [0.15, 0.2) is 6.07 Å². The van der Waals surface area contributed by atoms with E-state index in [1.165, 1.54) is 6.07 Å². The number of benzene rings is 1. The smallest absolute Gasteiger partial charge is 0.249 e. The molecule has 1 saturated heterocycles. The van der Waals surface area contributed by atoms with Crippen LogP contribution < -0.4 is 22.1 Å². The monoisotopic (exact) mass is 286 g/mol. The number of hydrogen-bond donors (Lipinski definition) is 4. The first-order valence-corrected chi connectivity index (χ1v) is 5.91. The van der Waals surface area contributed by atoms with Crippen molar-refractivity contribution in [1.82, 2.24) is 5.32 Å². The van der Waals surface area contributed by atoms with Crippen molar-refractivity contribution < 1.29 is 14.0 Å². The highest BCUT2D eigenvalue weighted by atomic mass is 35.5. The Bertz CT molecular complexity index is 564. The van der Waals surface area contributed by atoms with Crippen LogP contribution in [0.25, 0.3) is 0 Å². The van der Waals surface area contributed by atoms with Gasteiger partial charge in [-0.2, -0.15) is 0 Å². The Morgan fingerprint density at radius 3 is 2.68 bits per heavy atom. The lowest BCUT2D eigenvalue weighted by Crippen LogP contribution is -2.47. The predicted octanol–water partition coefficient (Wildman–Crippen LogP) is 0.861. The highest BCUT2D eigenvalue weighted by molar-refractivity contribution is 6.33. The van der Waals surface area contributed by atoms with Crippen molar-refractivity contribution in [3.8, 4) is 0 Å². The maximum Gasteiger partial charge on any atom is 0.249 e. The van der Waals surface area contributed by atoms with E-state index in [-0.39, 0.29) is 40.8 Å². The van der Waals surface area contributed by atoms with Gasteiger partial charge in [-0.05, 0) is 12.5 Å². The standard InChI is InChI=1S/C11H12ClFN4O2/c12-8-4(14)3-5(15)10(9(8)13)16-6-1-2-7(18)17-11(6)19/h3,6,16H,1-2,14-15H2,(H,17,18,19). The van der Waals surface area contributed by atoms with E-state index in [2.05, 4.69) is 10.6 Å². The molecular weight excluding hydrogens is 275 g/mol. The highest BCUT2D eigenvalue weighted by Gasteiger charge is 2.28. The molecule has 1 fully saturated rings. The van der Waals surface area contributed by atoms with Gasteiger partial charge < -0.3 is 16.8 Å². The van der Waals surface area contributed by atoms with Crippen molar-refractivity contribution in [1.29, 1.82) is 0 Å². The lowest BCUT2D eigenvalue weighted by Gasteiger charge is -2.24. The highest BCUT2D eigenvalue weighted by Crippen LogP contribution is 2.34. The van der Waals surface area contributed by atoms with Gasteiger partial charge in [0.15, 0.2) is 5.82 Å². The number of amides is 2. The summed E-state index contributed by atoms with van der Waals surface area (Å²) in [5.41, 5.74) is 11.1. The van der Waals surface area contributed by atoms with Gasteiger partial charge in [-0.1, -0.05) is 11.6 Å². The van der Waals surface area contributed by atoms with Crippen LogP contribution in [-0.2, 0) is 9.59 Å². The summed E-state index contributed by atoms with van der Waals surface area (Å²) in [5.74, 6) is -1.70. The van der Waals surface area contributed by atoms with Crippen molar-refractivity contribution in [2.75, 3.05) is 16.8 Å². The molecule has 0 aliphatic carbocycles. The average Bonchev–Trinajstić information content (AvgIpc) is 2.34. The predicted molar refractivity (Wildman–Crippen MR) is 70.0 cm³/mol. The van der Waals surface area contributed by atoms with Crippen molar-refractivity contribution in [2.24, 2.45) is 0 Å². The molecule has 1 aliphatic heterocycles. The molecule has 102 valence electrons. The fraction of sp³-hybridized carbons (Fsp3) is 0.273. The molecule has 0 radical (unpaired) electrons. The lowest BCUT2D eigenvalue weighted by molar-refractivity contribution is -0.133. The number of halogens is 2. The summed E-state index contributed by atoms with van der Waals surface area (Å²) >= 11 is 5.68. The number of nitrogen functional groups attached to an aromatic ring is 2. The molecule has 1 aromatic carbocycles. The largest absolute Gasteiger partial charge is 0.397 e. The first kappa shape index (κ1) is 13.4. The van der Waals surface area contributed by atoms with Crippen LogP contribution >= 0.6 is 11.6 Å². The lowest BCUT2D eigenvalue weighted by atomic mass is 10.1. The van der Waals surface area contributed by atoms with E-state index in [9.17, 15) is 14.0 Å². The second kappa shape index (κ2) is 4.93. The normalized spacial score (nSPS) is 19.2. The molecule has 1 aliphatic rings. The number of hydrogen-bond acceptors (Lipinski definition) is 5. The Labute approximate surface area is 113 Å². The van der Waals surface area contributed by atoms with Crippen LogP contribution in [0.4, 0.5) is 21.5 Å². The molecule has 1 atom stereocenters. The third kappa shape index (κ3) is 2.55. The van der Waals surface area contributed by atoms with Crippen LogP contribution in [0.5, 0.6) is 0 Å². The second-order valence-electron chi connectivity index (χ2n) is 4.21. The first-order chi connectivity index (χ1) is 8.90. The van der Waals surface area contributed by atoms with Crippen molar-refractivity contribution >= 4 is 40.5 Å². The molecule has 19 heavy (non-hydrogen) atoms. The fourth-order valence-electron chi connectivity index (χ4n) is 1.82. The van der Waals surface area contributed by atoms with Gasteiger partial charge in [0.1, 0.15) is 11.1 Å². The molecule has 0 saturated carbocycles. The molecule has 0 bridgehead atoms. The Morgan fingerprint density at radius 2 is 2.05 bits per heavy atom. The number of nitrogens with one attached hydrogen (secondary N) is 2. The quantitative estimate of drug-likeness (QED) is 0.476. The van der Waals surface area contributed by atoms with Gasteiger partial charge in [0.2, 0.25) is 11.8 Å². The van der Waals surface area contributed by atoms with E-state index in [1.807, 2.05) is 0 Å².